The maximum Gasteiger partial charge on any atom is 0.245 e. The summed E-state index contributed by atoms with van der Waals surface area (Å²) < 4.78 is 5.25. The number of piperidine rings is 1. The number of amides is 2. The van der Waals surface area contributed by atoms with Gasteiger partial charge in [-0.25, -0.2) is 0 Å². The summed E-state index contributed by atoms with van der Waals surface area (Å²) in [7, 11) is 7.01. The molecule has 1 heterocycles. The largest absolute Gasteiger partial charge is 0.497 e. The van der Waals surface area contributed by atoms with Gasteiger partial charge in [-0.3, -0.25) is 9.59 Å². The lowest BCUT2D eigenvalue weighted by Crippen LogP contribution is -2.59. The molecule has 0 radical (unpaired) electrons. The number of rotatable bonds is 6. The third kappa shape index (κ3) is 4.63. The van der Waals surface area contributed by atoms with E-state index >= 15 is 0 Å². The zero-order chi connectivity index (χ0) is 18.4. The lowest BCUT2D eigenvalue weighted by atomic mass is 9.86. The van der Waals surface area contributed by atoms with Gasteiger partial charge in [0.1, 0.15) is 11.3 Å². The molecule has 0 atom stereocenters. The van der Waals surface area contributed by atoms with Gasteiger partial charge in [0, 0.05) is 31.9 Å². The number of likely N-dealkylation sites (N-methyl/N-ethyl adjacent to an activating group) is 2. The van der Waals surface area contributed by atoms with E-state index in [0.717, 1.165) is 11.4 Å². The van der Waals surface area contributed by atoms with Gasteiger partial charge in [-0.1, -0.05) is 6.07 Å². The number of hydrogen-bond acceptors (Lipinski definition) is 5. The van der Waals surface area contributed by atoms with Gasteiger partial charge >= 0.3 is 0 Å². The maximum absolute atomic E-state index is 12.6. The van der Waals surface area contributed by atoms with Crippen LogP contribution in [0.4, 0.5) is 5.69 Å². The monoisotopic (exact) mass is 348 g/mol. The second kappa shape index (κ2) is 8.20. The molecular formula is C18H28N4O3. The quantitative estimate of drug-likeness (QED) is 0.795. The highest BCUT2D eigenvalue weighted by atomic mass is 16.5. The first-order valence-electron chi connectivity index (χ1n) is 8.47. The molecule has 138 valence electrons. The standard InChI is InChI=1S/C18H28N4O3/c1-19-17(24)18(20-14-6-5-7-15(12-14)25-4)8-10-22(11-9-18)16(23)13-21(2)3/h5-7,12,20H,8-11,13H2,1-4H3,(H,19,24). The van der Waals surface area contributed by atoms with Crippen LogP contribution in [0.15, 0.2) is 24.3 Å². The Hall–Kier alpha value is -2.28. The average molecular weight is 348 g/mol. The minimum atomic E-state index is -0.726. The summed E-state index contributed by atoms with van der Waals surface area (Å²) in [6.45, 7) is 1.49. The van der Waals surface area contributed by atoms with Gasteiger partial charge < -0.3 is 25.2 Å². The summed E-state index contributed by atoms with van der Waals surface area (Å²) in [4.78, 5) is 28.5. The van der Waals surface area contributed by atoms with Crippen LogP contribution in [0, 0.1) is 0 Å². The molecule has 0 aromatic heterocycles. The number of carbonyl (C=O) groups is 2. The van der Waals surface area contributed by atoms with Crippen molar-refractivity contribution in [2.75, 3.05) is 53.2 Å². The van der Waals surface area contributed by atoms with Crippen LogP contribution >= 0.6 is 0 Å². The molecule has 0 unspecified atom stereocenters. The molecule has 1 fully saturated rings. The molecule has 1 aliphatic rings. The lowest BCUT2D eigenvalue weighted by molar-refractivity contribution is -0.136. The molecule has 0 saturated carbocycles. The highest BCUT2D eigenvalue weighted by molar-refractivity contribution is 5.90. The Bertz CT molecular complexity index is 610. The predicted octanol–water partition coefficient (Wildman–Crippen LogP) is 0.776. The molecule has 1 aliphatic heterocycles. The van der Waals surface area contributed by atoms with Crippen LogP contribution in [0.1, 0.15) is 12.8 Å². The predicted molar refractivity (Wildman–Crippen MR) is 97.8 cm³/mol. The Morgan fingerprint density at radius 3 is 2.52 bits per heavy atom. The van der Waals surface area contributed by atoms with E-state index in [4.69, 9.17) is 4.74 Å². The number of likely N-dealkylation sites (tertiary alicyclic amines) is 1. The topological polar surface area (TPSA) is 73.9 Å². The number of ether oxygens (including phenoxy) is 1. The molecule has 25 heavy (non-hydrogen) atoms. The fourth-order valence-corrected chi connectivity index (χ4v) is 3.13. The number of methoxy groups -OCH3 is 1. The van der Waals surface area contributed by atoms with Crippen molar-refractivity contribution in [2.24, 2.45) is 0 Å². The fraction of sp³-hybridized carbons (Fsp3) is 0.556. The second-order valence-corrected chi connectivity index (χ2v) is 6.64. The van der Waals surface area contributed by atoms with Crippen molar-refractivity contribution >= 4 is 17.5 Å². The van der Waals surface area contributed by atoms with Gasteiger partial charge in [-0.15, -0.1) is 0 Å². The van der Waals surface area contributed by atoms with Crippen LogP contribution in [0.3, 0.4) is 0 Å². The van der Waals surface area contributed by atoms with Crippen molar-refractivity contribution in [2.45, 2.75) is 18.4 Å². The molecule has 0 aliphatic carbocycles. The van der Waals surface area contributed by atoms with Gasteiger partial charge in [-0.05, 0) is 39.1 Å². The van der Waals surface area contributed by atoms with Crippen molar-refractivity contribution < 1.29 is 14.3 Å². The fourth-order valence-electron chi connectivity index (χ4n) is 3.13. The van der Waals surface area contributed by atoms with Gasteiger partial charge in [-0.2, -0.15) is 0 Å². The number of nitrogens with zero attached hydrogens (tertiary/aromatic N) is 2. The first-order valence-corrected chi connectivity index (χ1v) is 8.47. The molecular weight excluding hydrogens is 320 g/mol. The molecule has 1 aromatic carbocycles. The van der Waals surface area contributed by atoms with Crippen molar-refractivity contribution in [3.63, 3.8) is 0 Å². The molecule has 2 amide bonds. The summed E-state index contributed by atoms with van der Waals surface area (Å²) in [6, 6.07) is 7.53. The zero-order valence-electron chi connectivity index (χ0n) is 15.5. The maximum atomic E-state index is 12.6. The Balaban J connectivity index is 2.12. The van der Waals surface area contributed by atoms with Crippen molar-refractivity contribution in [3.05, 3.63) is 24.3 Å². The molecule has 2 N–H and O–H groups in total. The Morgan fingerprint density at radius 2 is 1.96 bits per heavy atom. The third-order valence-corrected chi connectivity index (χ3v) is 4.54. The number of carbonyl (C=O) groups excluding carboxylic acids is 2. The van der Waals surface area contributed by atoms with Gasteiger partial charge in [0.15, 0.2) is 0 Å². The molecule has 1 saturated heterocycles. The van der Waals surface area contributed by atoms with E-state index in [0.29, 0.717) is 32.5 Å². The van der Waals surface area contributed by atoms with Gasteiger partial charge in [0.25, 0.3) is 0 Å². The van der Waals surface area contributed by atoms with Gasteiger partial charge in [0.05, 0.1) is 13.7 Å². The summed E-state index contributed by atoms with van der Waals surface area (Å²) in [5.74, 6) is 0.766. The summed E-state index contributed by atoms with van der Waals surface area (Å²) in [5, 5.41) is 6.14. The van der Waals surface area contributed by atoms with Crippen LogP contribution in [-0.4, -0.2) is 75.0 Å². The summed E-state index contributed by atoms with van der Waals surface area (Å²) in [6.07, 6.45) is 1.12. The molecule has 7 nitrogen and oxygen atoms in total. The molecule has 7 heteroatoms. The normalized spacial score (nSPS) is 16.4. The highest BCUT2D eigenvalue weighted by Crippen LogP contribution is 2.29. The summed E-state index contributed by atoms with van der Waals surface area (Å²) >= 11 is 0. The summed E-state index contributed by atoms with van der Waals surface area (Å²) in [5.41, 5.74) is 0.103. The third-order valence-electron chi connectivity index (χ3n) is 4.54. The Morgan fingerprint density at radius 1 is 1.28 bits per heavy atom. The van der Waals surface area contributed by atoms with E-state index in [9.17, 15) is 9.59 Å². The van der Waals surface area contributed by atoms with Crippen molar-refractivity contribution in [1.29, 1.82) is 0 Å². The van der Waals surface area contributed by atoms with E-state index in [1.807, 2.05) is 48.2 Å². The van der Waals surface area contributed by atoms with E-state index < -0.39 is 5.54 Å². The highest BCUT2D eigenvalue weighted by Gasteiger charge is 2.41. The van der Waals surface area contributed by atoms with Crippen LogP contribution in [0.2, 0.25) is 0 Å². The second-order valence-electron chi connectivity index (χ2n) is 6.64. The van der Waals surface area contributed by atoms with Crippen LogP contribution < -0.4 is 15.4 Å². The minimum Gasteiger partial charge on any atom is -0.497 e. The molecule has 0 bridgehead atoms. The molecule has 1 aromatic rings. The lowest BCUT2D eigenvalue weighted by Gasteiger charge is -2.41. The van der Waals surface area contributed by atoms with Gasteiger partial charge in [0.2, 0.25) is 11.8 Å². The van der Waals surface area contributed by atoms with E-state index in [2.05, 4.69) is 10.6 Å². The van der Waals surface area contributed by atoms with Crippen molar-refractivity contribution in [1.82, 2.24) is 15.1 Å². The first kappa shape index (κ1) is 19.1. The Kier molecular flexibility index (Phi) is 6.25. The van der Waals surface area contributed by atoms with Crippen LogP contribution in [-0.2, 0) is 9.59 Å². The van der Waals surface area contributed by atoms with E-state index in [1.165, 1.54) is 0 Å². The molecule has 0 spiro atoms. The van der Waals surface area contributed by atoms with Crippen LogP contribution in [0.5, 0.6) is 5.75 Å². The Labute approximate surface area is 149 Å². The van der Waals surface area contributed by atoms with Crippen molar-refractivity contribution in [3.8, 4) is 5.75 Å². The number of benzene rings is 1. The SMILES string of the molecule is CNC(=O)C1(Nc2cccc(OC)c2)CCN(C(=O)CN(C)C)CC1. The minimum absolute atomic E-state index is 0.0602. The van der Waals surface area contributed by atoms with E-state index in [1.54, 1.807) is 14.2 Å². The smallest absolute Gasteiger partial charge is 0.245 e. The first-order chi connectivity index (χ1) is 11.9. The zero-order valence-corrected chi connectivity index (χ0v) is 15.5. The number of anilines is 1. The number of nitrogens with one attached hydrogen (secondary N) is 2. The molecule has 2 rings (SSSR count). The van der Waals surface area contributed by atoms with Crippen LogP contribution in [0.25, 0.3) is 0 Å². The average Bonchev–Trinajstić information content (AvgIpc) is 2.61. The van der Waals surface area contributed by atoms with E-state index in [-0.39, 0.29) is 11.8 Å². The number of hydrogen-bond donors (Lipinski definition) is 2.